The molecule has 0 saturated heterocycles. The van der Waals surface area contributed by atoms with Gasteiger partial charge >= 0.3 is 11.9 Å². The van der Waals surface area contributed by atoms with E-state index >= 15 is 0 Å². The van der Waals surface area contributed by atoms with E-state index in [1.165, 1.54) is 0 Å². The molecule has 10 N–H and O–H groups in total. The number of carboxylic acids is 2. The van der Waals surface area contributed by atoms with Crippen LogP contribution in [0.5, 0.6) is 0 Å². The molecule has 0 radical (unpaired) electrons. The molecule has 3 unspecified atom stereocenters. The van der Waals surface area contributed by atoms with Crippen molar-refractivity contribution in [2.24, 2.45) is 28.1 Å². The molecule has 0 heterocycles. The highest BCUT2D eigenvalue weighted by molar-refractivity contribution is 5.92. The summed E-state index contributed by atoms with van der Waals surface area (Å²) in [6, 6.07) is -3.30. The third kappa shape index (κ3) is 10.3. The average Bonchev–Trinajstić information content (AvgIpc) is 2.58. The van der Waals surface area contributed by atoms with Crippen molar-refractivity contribution >= 4 is 29.7 Å². The topological polar surface area (TPSA) is 223 Å². The van der Waals surface area contributed by atoms with Gasteiger partial charge in [0.15, 0.2) is 5.96 Å². The molecule has 0 aromatic rings. The van der Waals surface area contributed by atoms with Crippen LogP contribution in [0.1, 0.15) is 39.5 Å². The van der Waals surface area contributed by atoms with Gasteiger partial charge < -0.3 is 38.0 Å². The molecule has 160 valence electrons. The molecule has 0 aliphatic rings. The first kappa shape index (κ1) is 25.1. The number of nitrogens with one attached hydrogen (secondary N) is 2. The number of carbonyl (C=O) groups is 4. The van der Waals surface area contributed by atoms with Crippen molar-refractivity contribution < 1.29 is 29.4 Å². The first-order valence-electron chi connectivity index (χ1n) is 8.82. The quantitative estimate of drug-likeness (QED) is 0.102. The Bertz CT molecular complexity index is 590. The van der Waals surface area contributed by atoms with Crippen molar-refractivity contribution in [3.63, 3.8) is 0 Å². The Kier molecular flexibility index (Phi) is 11.2. The molecule has 0 aromatic heterocycles. The number of nitrogens with zero attached hydrogens (tertiary/aromatic N) is 1. The Morgan fingerprint density at radius 1 is 1.00 bits per heavy atom. The summed E-state index contributed by atoms with van der Waals surface area (Å²) in [6.45, 7) is 3.55. The second-order valence-corrected chi connectivity index (χ2v) is 6.62. The lowest BCUT2D eigenvalue weighted by Crippen LogP contribution is -2.56. The predicted molar refractivity (Wildman–Crippen MR) is 101 cm³/mol. The van der Waals surface area contributed by atoms with Crippen molar-refractivity contribution in [1.29, 1.82) is 0 Å². The van der Waals surface area contributed by atoms with Crippen LogP contribution in [-0.2, 0) is 19.2 Å². The molecule has 12 nitrogen and oxygen atoms in total. The van der Waals surface area contributed by atoms with Crippen LogP contribution in [0, 0.1) is 5.92 Å². The number of hydrogen-bond donors (Lipinski definition) is 7. The largest absolute Gasteiger partial charge is 0.481 e. The second kappa shape index (κ2) is 12.5. The van der Waals surface area contributed by atoms with Gasteiger partial charge in [0.1, 0.15) is 12.1 Å². The van der Waals surface area contributed by atoms with E-state index in [2.05, 4.69) is 15.6 Å². The van der Waals surface area contributed by atoms with Gasteiger partial charge in [-0.2, -0.15) is 0 Å². The highest BCUT2D eigenvalue weighted by Crippen LogP contribution is 2.06. The molecule has 2 amide bonds. The van der Waals surface area contributed by atoms with Crippen LogP contribution in [0.3, 0.4) is 0 Å². The van der Waals surface area contributed by atoms with Crippen LogP contribution in [0.15, 0.2) is 4.99 Å². The fourth-order valence-electron chi connectivity index (χ4n) is 2.23. The Balaban J connectivity index is 4.88. The summed E-state index contributed by atoms with van der Waals surface area (Å²) in [6.07, 6.45) is 0.0445. The molecule has 0 saturated carbocycles. The minimum Gasteiger partial charge on any atom is -0.481 e. The fourth-order valence-corrected chi connectivity index (χ4v) is 2.23. The molecule has 0 spiro atoms. The van der Waals surface area contributed by atoms with Gasteiger partial charge in [0.2, 0.25) is 11.8 Å². The van der Waals surface area contributed by atoms with Gasteiger partial charge in [-0.1, -0.05) is 13.8 Å². The van der Waals surface area contributed by atoms with Gasteiger partial charge in [-0.25, -0.2) is 4.79 Å². The van der Waals surface area contributed by atoms with Crippen molar-refractivity contribution in [3.05, 3.63) is 0 Å². The Morgan fingerprint density at radius 2 is 1.61 bits per heavy atom. The molecule has 0 aliphatic heterocycles. The van der Waals surface area contributed by atoms with E-state index < -0.39 is 41.9 Å². The van der Waals surface area contributed by atoms with Crippen molar-refractivity contribution in [1.82, 2.24) is 10.6 Å². The maximum Gasteiger partial charge on any atom is 0.326 e. The standard InChI is InChI=1S/C16H30N6O6/c1-8(2)12(22-13(25)9(17)5-6-11(23)24)14(26)21-10(15(27)28)4-3-7-20-16(18)19/h8-10,12H,3-7,17H2,1-2H3,(H,21,26)(H,22,25)(H,23,24)(H,27,28)(H4,18,19,20). The first-order valence-corrected chi connectivity index (χ1v) is 8.82. The van der Waals surface area contributed by atoms with Crippen LogP contribution < -0.4 is 27.8 Å². The monoisotopic (exact) mass is 402 g/mol. The number of nitrogens with two attached hydrogens (primary N) is 3. The summed E-state index contributed by atoms with van der Waals surface area (Å²) in [5, 5.41) is 22.8. The Labute approximate surface area is 162 Å². The number of carboxylic acid groups (broad SMARTS) is 2. The van der Waals surface area contributed by atoms with E-state index in [1.807, 2.05) is 0 Å². The van der Waals surface area contributed by atoms with Crippen LogP contribution in [0.25, 0.3) is 0 Å². The van der Waals surface area contributed by atoms with Gasteiger partial charge in [0.25, 0.3) is 0 Å². The van der Waals surface area contributed by atoms with Crippen LogP contribution in [-0.4, -0.2) is 64.6 Å². The van der Waals surface area contributed by atoms with Crippen molar-refractivity contribution in [2.75, 3.05) is 6.54 Å². The highest BCUT2D eigenvalue weighted by Gasteiger charge is 2.29. The van der Waals surface area contributed by atoms with E-state index in [9.17, 15) is 24.3 Å². The van der Waals surface area contributed by atoms with Gasteiger partial charge in [0.05, 0.1) is 6.04 Å². The molecule has 0 aliphatic carbocycles. The maximum atomic E-state index is 12.5. The zero-order valence-corrected chi connectivity index (χ0v) is 16.1. The van der Waals surface area contributed by atoms with Crippen LogP contribution in [0.2, 0.25) is 0 Å². The molecule has 0 rings (SSSR count). The number of rotatable bonds is 13. The third-order valence-corrected chi connectivity index (χ3v) is 3.81. The molecular weight excluding hydrogens is 372 g/mol. The molecule has 0 aromatic carbocycles. The van der Waals surface area contributed by atoms with E-state index in [1.54, 1.807) is 13.8 Å². The molecule has 0 fully saturated rings. The summed E-state index contributed by atoms with van der Waals surface area (Å²) in [4.78, 5) is 50.3. The highest BCUT2D eigenvalue weighted by atomic mass is 16.4. The summed E-state index contributed by atoms with van der Waals surface area (Å²) in [5.74, 6) is -4.15. The lowest BCUT2D eigenvalue weighted by Gasteiger charge is -2.25. The normalized spacial score (nSPS) is 13.9. The summed E-state index contributed by atoms with van der Waals surface area (Å²) in [5.41, 5.74) is 16.0. The lowest BCUT2D eigenvalue weighted by atomic mass is 10.0. The second-order valence-electron chi connectivity index (χ2n) is 6.62. The number of carbonyl (C=O) groups excluding carboxylic acids is 2. The number of guanidine groups is 1. The number of aliphatic imine (C=N–C) groups is 1. The zero-order valence-electron chi connectivity index (χ0n) is 16.1. The zero-order chi connectivity index (χ0) is 21.9. The summed E-state index contributed by atoms with van der Waals surface area (Å²) >= 11 is 0. The number of amides is 2. The molecule has 3 atom stereocenters. The molecule has 0 bridgehead atoms. The van der Waals surface area contributed by atoms with Gasteiger partial charge in [-0.3, -0.25) is 19.4 Å². The number of hydrogen-bond acceptors (Lipinski definition) is 6. The van der Waals surface area contributed by atoms with Crippen molar-refractivity contribution in [3.8, 4) is 0 Å². The smallest absolute Gasteiger partial charge is 0.326 e. The maximum absolute atomic E-state index is 12.5. The van der Waals surface area contributed by atoms with E-state index in [4.69, 9.17) is 22.3 Å². The van der Waals surface area contributed by atoms with Crippen LogP contribution >= 0.6 is 0 Å². The van der Waals surface area contributed by atoms with Crippen molar-refractivity contribution in [2.45, 2.75) is 57.7 Å². The van der Waals surface area contributed by atoms with E-state index in [-0.39, 0.29) is 37.7 Å². The number of aliphatic carboxylic acids is 2. The minimum atomic E-state index is -1.23. The van der Waals surface area contributed by atoms with Gasteiger partial charge in [0, 0.05) is 13.0 Å². The van der Waals surface area contributed by atoms with E-state index in [0.29, 0.717) is 6.42 Å². The molecule has 28 heavy (non-hydrogen) atoms. The average molecular weight is 402 g/mol. The van der Waals surface area contributed by atoms with E-state index in [0.717, 1.165) is 0 Å². The molecule has 12 heteroatoms. The fraction of sp³-hybridized carbons (Fsp3) is 0.688. The summed E-state index contributed by atoms with van der Waals surface area (Å²) in [7, 11) is 0. The Hall–Kier alpha value is -2.89. The van der Waals surface area contributed by atoms with Gasteiger partial charge in [-0.15, -0.1) is 0 Å². The summed E-state index contributed by atoms with van der Waals surface area (Å²) < 4.78 is 0. The lowest BCUT2D eigenvalue weighted by molar-refractivity contribution is -0.142. The van der Waals surface area contributed by atoms with Crippen LogP contribution in [0.4, 0.5) is 0 Å². The predicted octanol–water partition coefficient (Wildman–Crippen LogP) is -2.06. The third-order valence-electron chi connectivity index (χ3n) is 3.81. The minimum absolute atomic E-state index is 0.0872. The Morgan fingerprint density at radius 3 is 2.07 bits per heavy atom. The SMILES string of the molecule is CC(C)C(NC(=O)C(N)CCC(=O)O)C(=O)NC(CCCN=C(N)N)C(=O)O. The molecular formula is C16H30N6O6. The first-order chi connectivity index (χ1) is 13.0. The van der Waals surface area contributed by atoms with Gasteiger partial charge in [-0.05, 0) is 25.2 Å².